The third kappa shape index (κ3) is 2.02. The van der Waals surface area contributed by atoms with Gasteiger partial charge in [-0.1, -0.05) is 12.8 Å². The average Bonchev–Trinajstić information content (AvgIpc) is 2.80. The van der Waals surface area contributed by atoms with Crippen molar-refractivity contribution >= 4 is 21.8 Å². The molecule has 4 nitrogen and oxygen atoms in total. The minimum Gasteiger partial charge on any atom is -0.491 e. The number of fused-ring (bicyclic) bond motifs is 1. The van der Waals surface area contributed by atoms with Crippen LogP contribution < -0.4 is 10.1 Å². The molecule has 120 valence electrons. The largest absolute Gasteiger partial charge is 0.491 e. The molecule has 0 saturated heterocycles. The van der Waals surface area contributed by atoms with E-state index in [0.29, 0.717) is 16.6 Å². The maximum absolute atomic E-state index is 13.6. The van der Waals surface area contributed by atoms with Crippen LogP contribution in [-0.4, -0.2) is 12.5 Å². The topological polar surface area (TPSA) is 62.1 Å². The van der Waals surface area contributed by atoms with Crippen molar-refractivity contribution in [2.45, 2.75) is 38.1 Å². The van der Waals surface area contributed by atoms with Crippen molar-refractivity contribution in [3.05, 3.63) is 28.0 Å². The van der Waals surface area contributed by atoms with E-state index in [1.165, 1.54) is 6.07 Å². The maximum Gasteiger partial charge on any atom is 0.241 e. The zero-order chi connectivity index (χ0) is 16.2. The molecule has 0 aromatic heterocycles. The van der Waals surface area contributed by atoms with Gasteiger partial charge < -0.3 is 10.1 Å². The van der Waals surface area contributed by atoms with Crippen molar-refractivity contribution < 1.29 is 13.9 Å². The number of carbonyl (C=O) groups is 1. The highest BCUT2D eigenvalue weighted by molar-refractivity contribution is 9.10. The summed E-state index contributed by atoms with van der Waals surface area (Å²) in [5, 5.41) is 12.6. The molecule has 2 aliphatic carbocycles. The monoisotopic (exact) mass is 378 g/mol. The molecule has 3 aliphatic rings. The number of hydrogen-bond acceptors (Lipinski definition) is 3. The van der Waals surface area contributed by atoms with E-state index in [0.717, 1.165) is 31.2 Å². The molecule has 0 unspecified atom stereocenters. The second kappa shape index (κ2) is 4.94. The Morgan fingerprint density at radius 1 is 1.43 bits per heavy atom. The summed E-state index contributed by atoms with van der Waals surface area (Å²) in [5.74, 6) is -0.145. The van der Waals surface area contributed by atoms with Gasteiger partial charge in [0, 0.05) is 17.0 Å². The van der Waals surface area contributed by atoms with E-state index in [4.69, 9.17) is 4.74 Å². The predicted octanol–water partition coefficient (Wildman–Crippen LogP) is 3.61. The molecule has 4 rings (SSSR count). The molecule has 2 saturated carbocycles. The first-order valence-corrected chi connectivity index (χ1v) is 8.65. The Balaban J connectivity index is 1.56. The highest BCUT2D eigenvalue weighted by atomic mass is 79.9. The summed E-state index contributed by atoms with van der Waals surface area (Å²) >= 11 is 3.16. The van der Waals surface area contributed by atoms with Gasteiger partial charge in [0.25, 0.3) is 0 Å². The summed E-state index contributed by atoms with van der Waals surface area (Å²) in [5.41, 5.74) is -0.248. The molecule has 1 amide bonds. The number of halogens is 2. The molecular weight excluding hydrogens is 363 g/mol. The Morgan fingerprint density at radius 3 is 2.87 bits per heavy atom. The molecular formula is C17H16BrFN2O2. The molecule has 6 heteroatoms. The summed E-state index contributed by atoms with van der Waals surface area (Å²) in [6, 6.07) is 4.91. The van der Waals surface area contributed by atoms with E-state index in [-0.39, 0.29) is 24.0 Å². The fourth-order valence-corrected chi connectivity index (χ4v) is 4.61. The van der Waals surface area contributed by atoms with Crippen molar-refractivity contribution in [2.24, 2.45) is 10.8 Å². The number of nitrogens with one attached hydrogen (secondary N) is 1. The molecule has 2 fully saturated rings. The number of benzene rings is 1. The Morgan fingerprint density at radius 2 is 2.17 bits per heavy atom. The number of carbonyl (C=O) groups excluding carboxylic acids is 1. The van der Waals surface area contributed by atoms with Gasteiger partial charge in [-0.15, -0.1) is 0 Å². The van der Waals surface area contributed by atoms with Crippen LogP contribution in [0, 0.1) is 28.0 Å². The van der Waals surface area contributed by atoms with Gasteiger partial charge in [-0.05, 0) is 41.3 Å². The standard InChI is InChI=1S/C17H16BrFN2O2/c18-11-5-10-13(7-23-14(10)6-12(11)19)21-15(22)17(9-20)8-16(17)3-1-2-4-16/h5-6,13H,1-4,7-8H2,(H,21,22)/t13-,17-/m1/s1. The number of amides is 1. The van der Waals surface area contributed by atoms with Crippen LogP contribution in [0.3, 0.4) is 0 Å². The first kappa shape index (κ1) is 14.9. The molecule has 2 atom stereocenters. The zero-order valence-electron chi connectivity index (χ0n) is 12.5. The minimum atomic E-state index is -0.885. The van der Waals surface area contributed by atoms with E-state index in [2.05, 4.69) is 27.3 Å². The summed E-state index contributed by atoms with van der Waals surface area (Å²) in [6.07, 6.45) is 4.78. The van der Waals surface area contributed by atoms with Crippen molar-refractivity contribution in [1.82, 2.24) is 5.32 Å². The van der Waals surface area contributed by atoms with E-state index in [9.17, 15) is 14.4 Å². The van der Waals surface area contributed by atoms with E-state index in [1.807, 2.05) is 0 Å². The second-order valence-corrected chi connectivity index (χ2v) is 7.68. The fraction of sp³-hybridized carbons (Fsp3) is 0.529. The third-order valence-corrected chi connectivity index (χ3v) is 6.27. The van der Waals surface area contributed by atoms with Gasteiger partial charge in [0.15, 0.2) is 0 Å². The molecule has 1 spiro atoms. The zero-order valence-corrected chi connectivity index (χ0v) is 14.1. The predicted molar refractivity (Wildman–Crippen MR) is 84.0 cm³/mol. The molecule has 0 bridgehead atoms. The molecule has 23 heavy (non-hydrogen) atoms. The Hall–Kier alpha value is -1.61. The van der Waals surface area contributed by atoms with Gasteiger partial charge in [0.1, 0.15) is 23.6 Å². The highest BCUT2D eigenvalue weighted by Crippen LogP contribution is 2.71. The lowest BCUT2D eigenvalue weighted by Crippen LogP contribution is -2.37. The van der Waals surface area contributed by atoms with Crippen LogP contribution >= 0.6 is 15.9 Å². The summed E-state index contributed by atoms with van der Waals surface area (Å²) in [7, 11) is 0. The van der Waals surface area contributed by atoms with Crippen molar-refractivity contribution in [1.29, 1.82) is 5.26 Å². The van der Waals surface area contributed by atoms with Gasteiger partial charge in [-0.3, -0.25) is 4.79 Å². The molecule has 1 aromatic rings. The maximum atomic E-state index is 13.6. The van der Waals surface area contributed by atoms with Gasteiger partial charge in [-0.25, -0.2) is 4.39 Å². The Kier molecular flexibility index (Phi) is 3.21. The number of ether oxygens (including phenoxy) is 1. The summed E-state index contributed by atoms with van der Waals surface area (Å²) < 4.78 is 19.4. The third-order valence-electron chi connectivity index (χ3n) is 5.66. The van der Waals surface area contributed by atoms with E-state index >= 15 is 0 Å². The summed E-state index contributed by atoms with van der Waals surface area (Å²) in [6.45, 7) is 0.269. The fourth-order valence-electron chi connectivity index (χ4n) is 4.25. The van der Waals surface area contributed by atoms with Gasteiger partial charge in [-0.2, -0.15) is 5.26 Å². The number of nitrogens with zero attached hydrogens (tertiary/aromatic N) is 1. The first-order chi connectivity index (χ1) is 11.0. The van der Waals surface area contributed by atoms with Gasteiger partial charge in [0.05, 0.1) is 16.6 Å². The molecule has 1 aromatic carbocycles. The van der Waals surface area contributed by atoms with Crippen LogP contribution in [0.15, 0.2) is 16.6 Å². The van der Waals surface area contributed by atoms with Gasteiger partial charge in [0.2, 0.25) is 5.91 Å². The average molecular weight is 379 g/mol. The lowest BCUT2D eigenvalue weighted by molar-refractivity contribution is -0.126. The van der Waals surface area contributed by atoms with Crippen LogP contribution in [0.5, 0.6) is 5.75 Å². The highest BCUT2D eigenvalue weighted by Gasteiger charge is 2.73. The lowest BCUT2D eigenvalue weighted by atomic mass is 9.91. The van der Waals surface area contributed by atoms with E-state index < -0.39 is 11.2 Å². The summed E-state index contributed by atoms with van der Waals surface area (Å²) in [4.78, 5) is 12.8. The minimum absolute atomic E-state index is 0.114. The molecule has 1 heterocycles. The van der Waals surface area contributed by atoms with Crippen molar-refractivity contribution in [2.75, 3.05) is 6.61 Å². The second-order valence-electron chi connectivity index (χ2n) is 6.82. The Bertz CT molecular complexity index is 739. The van der Waals surface area contributed by atoms with E-state index in [1.54, 1.807) is 6.07 Å². The van der Waals surface area contributed by atoms with Gasteiger partial charge >= 0.3 is 0 Å². The normalized spacial score (nSPS) is 29.7. The van der Waals surface area contributed by atoms with Crippen molar-refractivity contribution in [3.63, 3.8) is 0 Å². The van der Waals surface area contributed by atoms with Crippen LogP contribution in [0.25, 0.3) is 0 Å². The van der Waals surface area contributed by atoms with Crippen LogP contribution in [0.4, 0.5) is 4.39 Å². The van der Waals surface area contributed by atoms with Crippen LogP contribution in [0.1, 0.15) is 43.7 Å². The number of hydrogen-bond donors (Lipinski definition) is 1. The van der Waals surface area contributed by atoms with Crippen LogP contribution in [-0.2, 0) is 4.79 Å². The lowest BCUT2D eigenvalue weighted by Gasteiger charge is -2.18. The Labute approximate surface area is 142 Å². The quantitative estimate of drug-likeness (QED) is 0.854. The SMILES string of the molecule is N#C[C@@]1(C(=O)N[C@@H]2COc3cc(F)c(Br)cc32)CC12CCCC2. The molecule has 0 radical (unpaired) electrons. The van der Waals surface area contributed by atoms with Crippen LogP contribution in [0.2, 0.25) is 0 Å². The van der Waals surface area contributed by atoms with Crippen molar-refractivity contribution in [3.8, 4) is 11.8 Å². The number of nitriles is 1. The first-order valence-electron chi connectivity index (χ1n) is 7.85. The molecule has 1 N–H and O–H groups in total. The number of rotatable bonds is 2. The smallest absolute Gasteiger partial charge is 0.241 e. The molecule has 1 aliphatic heterocycles.